The number of aliphatic carboxylic acids is 4. The number of carboxylic acid groups (broad SMARTS) is 4. The molecule has 22 N–H and O–H groups in total. The van der Waals surface area contributed by atoms with Crippen LogP contribution in [0.4, 0.5) is 0 Å². The van der Waals surface area contributed by atoms with Crippen molar-refractivity contribution in [3.63, 3.8) is 0 Å². The maximum atomic E-state index is 11.0. The number of hydrogen-bond donors (Lipinski definition) is 0. The number of aliphatic imine (C=N–C) groups is 4. The van der Waals surface area contributed by atoms with E-state index in [1.807, 2.05) is 0 Å². The summed E-state index contributed by atoms with van der Waals surface area (Å²) in [6.07, 6.45) is 4.94. The summed E-state index contributed by atoms with van der Waals surface area (Å²) in [5.74, 6) is -5.76. The van der Waals surface area contributed by atoms with E-state index in [9.17, 15) is 60.0 Å². The van der Waals surface area contributed by atoms with Gasteiger partial charge in [0.15, 0.2) is 0 Å². The van der Waals surface area contributed by atoms with Crippen LogP contribution in [-0.4, -0.2) is 85.9 Å². The van der Waals surface area contributed by atoms with Crippen LogP contribution in [0.5, 0.6) is 23.0 Å². The molecule has 0 bridgehead atoms. The van der Waals surface area contributed by atoms with Gasteiger partial charge in [0.25, 0.3) is 0 Å². The predicted molar refractivity (Wildman–Crippen MR) is 210 cm³/mol. The average Bonchev–Trinajstić information content (AvgIpc) is 3.09. The van der Waals surface area contributed by atoms with Crippen LogP contribution in [0.2, 0.25) is 0 Å². The second kappa shape index (κ2) is 50.2. The zero-order valence-electron chi connectivity index (χ0n) is 32.5. The van der Waals surface area contributed by atoms with E-state index in [1.165, 1.54) is 49.1 Å². The Bertz CT molecular complexity index is 1640. The van der Waals surface area contributed by atoms with Crippen molar-refractivity contribution in [2.45, 2.75) is 0 Å². The molecule has 0 unspecified atom stereocenters. The number of benzene rings is 4. The quantitative estimate of drug-likeness (QED) is 0.0726. The SMILES string of the molecule is O.O.O=C([O-])CN=Cc1ccccc1[O-].O=C([O-])CN=Cc1ccccc1[O-].O=C([O-])CN=Cc1ccccc1[O-].O=C([O-])CN=Cc1ccccc1[O-].[Ni+2].[Ni+3].[Ni+3].[OH3+].[OH3+].[OH3+].[OH3+].[OH3+].[OH3+]. The molecule has 0 spiro atoms. The van der Waals surface area contributed by atoms with Crippen LogP contribution in [-0.2, 0) is 102 Å². The first-order chi connectivity index (χ1) is 24.8. The van der Waals surface area contributed by atoms with E-state index in [1.54, 1.807) is 72.8 Å². The number of carbonyl (C=O) groups is 4. The minimum Gasteiger partial charge on any atom is -0.872 e. The minimum atomic E-state index is -1.26. The Kier molecular flexibility index (Phi) is 67.1. The molecule has 2 radical (unpaired) electrons. The molecule has 0 atom stereocenters. The molecule has 0 aromatic heterocycles. The van der Waals surface area contributed by atoms with E-state index in [4.69, 9.17) is 0 Å². The summed E-state index contributed by atoms with van der Waals surface area (Å²) >= 11 is 0. The van der Waals surface area contributed by atoms with E-state index in [2.05, 4.69) is 20.0 Å². The maximum Gasteiger partial charge on any atom is 3.00 e. The van der Waals surface area contributed by atoms with Gasteiger partial charge in [-0.3, -0.25) is 20.0 Å². The molecular formula is C36H50N4Ni3O20+6. The van der Waals surface area contributed by atoms with Gasteiger partial charge in [-0.1, -0.05) is 97.1 Å². The first-order valence-corrected chi connectivity index (χ1v) is 14.6. The van der Waals surface area contributed by atoms with Crippen molar-refractivity contribution in [2.75, 3.05) is 26.2 Å². The monoisotopic (exact) mass is 1030 g/mol. The normalized spacial score (nSPS) is 8.63. The van der Waals surface area contributed by atoms with Gasteiger partial charge in [0, 0.05) is 24.9 Å². The smallest absolute Gasteiger partial charge is 0.872 e. The summed E-state index contributed by atoms with van der Waals surface area (Å²) in [6.45, 7) is -1.69. The van der Waals surface area contributed by atoms with Gasteiger partial charge in [0.05, 0.1) is 50.1 Å². The van der Waals surface area contributed by atoms with E-state index in [0.29, 0.717) is 22.3 Å². The zero-order valence-corrected chi connectivity index (χ0v) is 35.4. The third-order valence-corrected chi connectivity index (χ3v) is 5.48. The summed E-state index contributed by atoms with van der Waals surface area (Å²) in [5.41, 5.74) is 1.51. The van der Waals surface area contributed by atoms with Crippen molar-refractivity contribution in [1.29, 1.82) is 0 Å². The molecule has 4 aromatic carbocycles. The molecule has 0 aliphatic rings. The largest absolute Gasteiger partial charge is 3.00 e. The fourth-order valence-corrected chi connectivity index (χ4v) is 3.22. The Morgan fingerprint density at radius 2 is 0.508 bits per heavy atom. The maximum absolute atomic E-state index is 11.0. The Morgan fingerprint density at radius 3 is 0.635 bits per heavy atom. The van der Waals surface area contributed by atoms with Gasteiger partial charge in [-0.05, 0) is 22.3 Å². The Hall–Kier alpha value is -6.20. The van der Waals surface area contributed by atoms with Gasteiger partial charge >= 0.3 is 49.5 Å². The van der Waals surface area contributed by atoms with Crippen molar-refractivity contribution in [1.82, 2.24) is 0 Å². The van der Waals surface area contributed by atoms with Crippen LogP contribution in [0, 0.1) is 0 Å². The molecule has 63 heavy (non-hydrogen) atoms. The van der Waals surface area contributed by atoms with Gasteiger partial charge in [-0.25, -0.2) is 0 Å². The van der Waals surface area contributed by atoms with E-state index in [-0.39, 0.29) is 116 Å². The molecule has 358 valence electrons. The molecule has 4 rings (SSSR count). The van der Waals surface area contributed by atoms with Crippen LogP contribution in [0.15, 0.2) is 117 Å². The molecule has 0 aliphatic heterocycles. The van der Waals surface area contributed by atoms with Gasteiger partial charge in [-0.2, -0.15) is 0 Å². The van der Waals surface area contributed by atoms with Crippen molar-refractivity contribution >= 4 is 48.7 Å². The molecule has 0 amide bonds. The summed E-state index contributed by atoms with van der Waals surface area (Å²) in [6, 6.07) is 25.0. The predicted octanol–water partition coefficient (Wildman–Crippen LogP) is -11.5. The second-order valence-corrected chi connectivity index (χ2v) is 9.52. The van der Waals surface area contributed by atoms with E-state index in [0.717, 1.165) is 0 Å². The van der Waals surface area contributed by atoms with Crippen LogP contribution >= 0.6 is 0 Å². The minimum absolute atomic E-state index is 0. The first-order valence-electron chi connectivity index (χ1n) is 14.6. The zero-order chi connectivity index (χ0) is 38.7. The van der Waals surface area contributed by atoms with E-state index < -0.39 is 50.1 Å². The molecule has 0 aliphatic carbocycles. The molecule has 24 nitrogen and oxygen atoms in total. The first kappa shape index (κ1) is 84.3. The third-order valence-electron chi connectivity index (χ3n) is 5.48. The molecule has 0 saturated heterocycles. The summed E-state index contributed by atoms with van der Waals surface area (Å²) in [7, 11) is 0. The molecule has 0 heterocycles. The van der Waals surface area contributed by atoms with Crippen molar-refractivity contribution in [2.24, 2.45) is 20.0 Å². The summed E-state index contributed by atoms with van der Waals surface area (Å²) in [4.78, 5) is 53.9. The van der Waals surface area contributed by atoms with Crippen LogP contribution < -0.4 is 40.9 Å². The van der Waals surface area contributed by atoms with Gasteiger partial charge < -0.3 is 104 Å². The van der Waals surface area contributed by atoms with Crippen LogP contribution in [0.3, 0.4) is 0 Å². The molecule has 0 saturated carbocycles. The Labute approximate surface area is 389 Å². The van der Waals surface area contributed by atoms with Crippen molar-refractivity contribution in [3.8, 4) is 23.0 Å². The number of hydrogen-bond acceptors (Lipinski definition) is 16. The number of carbonyl (C=O) groups excluding carboxylic acids is 4. The summed E-state index contributed by atoms with van der Waals surface area (Å²) in [5, 5.41) is 84.0. The Balaban J connectivity index is -0.0000000601. The van der Waals surface area contributed by atoms with Crippen molar-refractivity contribution < 1.29 is 153 Å². The standard InChI is InChI=1S/4C9H9NO3.3Ni.8H2O/c4*11-8-4-2-1-3-7(8)5-10-6-9(12)13;;;;;;;;;;;/h4*1-5,11H,6H2,(H,12,13);;;;8*1H2/q;;;;+2;2*+3;;;;;;;;/p-2. The molecular weight excluding hydrogens is 984 g/mol. The van der Waals surface area contributed by atoms with Crippen LogP contribution in [0.1, 0.15) is 22.3 Å². The number of nitrogens with zero attached hydrogens (tertiary/aromatic N) is 4. The topological polar surface area (TPSA) is 563 Å². The van der Waals surface area contributed by atoms with Gasteiger partial charge in [-0.15, -0.1) is 23.0 Å². The molecule has 4 aromatic rings. The van der Waals surface area contributed by atoms with Gasteiger partial charge in [0.1, 0.15) is 0 Å². The molecule has 27 heteroatoms. The Morgan fingerprint density at radius 1 is 0.365 bits per heavy atom. The fourth-order valence-electron chi connectivity index (χ4n) is 3.22. The van der Waals surface area contributed by atoms with E-state index >= 15 is 0 Å². The fraction of sp³-hybridized carbons (Fsp3) is 0.111. The van der Waals surface area contributed by atoms with Gasteiger partial charge in [0.2, 0.25) is 0 Å². The number of carboxylic acids is 4. The molecule has 0 fully saturated rings. The number of rotatable bonds is 12. The van der Waals surface area contributed by atoms with Crippen molar-refractivity contribution in [3.05, 3.63) is 119 Å². The van der Waals surface area contributed by atoms with Crippen LogP contribution in [0.25, 0.3) is 0 Å². The third kappa shape index (κ3) is 42.3. The second-order valence-electron chi connectivity index (χ2n) is 9.52. The average molecular weight is 1030 g/mol. The summed E-state index contributed by atoms with van der Waals surface area (Å²) < 4.78 is 0. The number of para-hydroxylation sites is 4.